The van der Waals surface area contributed by atoms with E-state index >= 15 is 0 Å². The molecule has 0 bridgehead atoms. The summed E-state index contributed by atoms with van der Waals surface area (Å²) < 4.78 is 5.02. The van der Waals surface area contributed by atoms with Crippen LogP contribution >= 0.6 is 0 Å². The molecule has 1 unspecified atom stereocenters. The van der Waals surface area contributed by atoms with Crippen molar-refractivity contribution in [3.05, 3.63) is 0 Å². The molecular weight excluding hydrogens is 312 g/mol. The first kappa shape index (κ1) is 22.2. The molecule has 0 heterocycles. The molecule has 3 atom stereocenters. The van der Waals surface area contributed by atoms with E-state index in [-0.39, 0.29) is 17.9 Å². The molecule has 0 fully saturated rings. The van der Waals surface area contributed by atoms with Crippen LogP contribution in [0.4, 0.5) is 4.79 Å². The third kappa shape index (κ3) is 7.16. The lowest BCUT2D eigenvalue weighted by atomic mass is 9.97. The highest BCUT2D eigenvalue weighted by Gasteiger charge is 2.30. The Morgan fingerprint density at radius 2 is 1.67 bits per heavy atom. The number of nitrogens with zero attached hydrogens (tertiary/aromatic N) is 1. The van der Waals surface area contributed by atoms with Gasteiger partial charge in [-0.05, 0) is 40.7 Å². The summed E-state index contributed by atoms with van der Waals surface area (Å²) >= 11 is 0. The minimum Gasteiger partial charge on any atom is -0.443 e. The van der Waals surface area contributed by atoms with Gasteiger partial charge in [-0.1, -0.05) is 20.3 Å². The van der Waals surface area contributed by atoms with Crippen LogP contribution in [-0.2, 0) is 14.3 Å². The van der Waals surface area contributed by atoms with Crippen molar-refractivity contribution in [3.8, 4) is 0 Å². The molecule has 8 heteroatoms. The van der Waals surface area contributed by atoms with Crippen LogP contribution in [0.2, 0.25) is 0 Å². The fraction of sp³-hybridized carbons (Fsp3) is 0.812. The third-order valence-corrected chi connectivity index (χ3v) is 3.78. The predicted molar refractivity (Wildman–Crippen MR) is 92.0 cm³/mol. The van der Waals surface area contributed by atoms with Crippen LogP contribution in [0.5, 0.6) is 0 Å². The largest absolute Gasteiger partial charge is 0.443 e. The molecule has 0 aromatic carbocycles. The van der Waals surface area contributed by atoms with Gasteiger partial charge in [0.2, 0.25) is 5.91 Å². The van der Waals surface area contributed by atoms with Gasteiger partial charge in [-0.3, -0.25) is 15.0 Å². The van der Waals surface area contributed by atoms with E-state index in [4.69, 9.17) is 4.74 Å². The van der Waals surface area contributed by atoms with Crippen LogP contribution in [0.1, 0.15) is 48.0 Å². The molecule has 140 valence electrons. The molecule has 0 aromatic heterocycles. The zero-order valence-corrected chi connectivity index (χ0v) is 16.0. The number of hydrogen-bond acceptors (Lipinski definition) is 5. The van der Waals surface area contributed by atoms with Crippen molar-refractivity contribution in [2.45, 2.75) is 65.6 Å². The first-order valence-electron chi connectivity index (χ1n) is 8.17. The normalized spacial score (nSPS) is 15.0. The standard InChI is InChI=1S/C16H32N4O4/c1-9-10(2)12(17-7)14(22)20(8)11(3)13(21)18-19-15(23)24-16(4,5)6/h10-12,17H,9H2,1-8H3,(H,18,21)(H,19,23)/t10?,11-,12-/m0/s1. The average Bonchev–Trinajstić information content (AvgIpc) is 2.49. The molecule has 8 nitrogen and oxygen atoms in total. The Bertz CT molecular complexity index is 448. The number of rotatable bonds is 6. The van der Waals surface area contributed by atoms with Gasteiger partial charge in [-0.15, -0.1) is 0 Å². The predicted octanol–water partition coefficient (Wildman–Crippen LogP) is 1.02. The molecular formula is C16H32N4O4. The fourth-order valence-electron chi connectivity index (χ4n) is 1.99. The number of amides is 3. The molecule has 0 saturated carbocycles. The van der Waals surface area contributed by atoms with Crippen molar-refractivity contribution in [3.63, 3.8) is 0 Å². The lowest BCUT2D eigenvalue weighted by molar-refractivity contribution is -0.141. The molecule has 0 aliphatic carbocycles. The van der Waals surface area contributed by atoms with E-state index in [0.717, 1.165) is 6.42 Å². The van der Waals surface area contributed by atoms with E-state index in [2.05, 4.69) is 16.2 Å². The molecule has 3 amide bonds. The highest BCUT2D eigenvalue weighted by Crippen LogP contribution is 2.11. The van der Waals surface area contributed by atoms with Crippen LogP contribution in [0.3, 0.4) is 0 Å². The zero-order chi connectivity index (χ0) is 19.1. The SMILES string of the molecule is CCC(C)[C@H](NC)C(=O)N(C)[C@@H](C)C(=O)NNC(=O)OC(C)(C)C. The summed E-state index contributed by atoms with van der Waals surface area (Å²) in [5, 5.41) is 2.99. The Kier molecular flexibility index (Phi) is 8.74. The Morgan fingerprint density at radius 1 is 1.12 bits per heavy atom. The van der Waals surface area contributed by atoms with Gasteiger partial charge in [0, 0.05) is 7.05 Å². The van der Waals surface area contributed by atoms with Gasteiger partial charge < -0.3 is 15.0 Å². The van der Waals surface area contributed by atoms with Gasteiger partial charge in [-0.25, -0.2) is 10.2 Å². The van der Waals surface area contributed by atoms with Crippen molar-refractivity contribution in [1.82, 2.24) is 21.1 Å². The maximum absolute atomic E-state index is 12.5. The molecule has 0 aliphatic heterocycles. The first-order chi connectivity index (χ1) is 10.9. The van der Waals surface area contributed by atoms with Gasteiger partial charge in [0.1, 0.15) is 11.6 Å². The highest BCUT2D eigenvalue weighted by molar-refractivity contribution is 5.90. The van der Waals surface area contributed by atoms with Crippen LogP contribution in [0.25, 0.3) is 0 Å². The lowest BCUT2D eigenvalue weighted by Gasteiger charge is -2.30. The Labute approximate surface area is 144 Å². The fourth-order valence-corrected chi connectivity index (χ4v) is 1.99. The van der Waals surface area contributed by atoms with Crippen molar-refractivity contribution >= 4 is 17.9 Å². The Balaban J connectivity index is 4.66. The maximum atomic E-state index is 12.5. The van der Waals surface area contributed by atoms with Crippen LogP contribution in [-0.4, -0.2) is 54.6 Å². The maximum Gasteiger partial charge on any atom is 0.426 e. The summed E-state index contributed by atoms with van der Waals surface area (Å²) in [6.45, 7) is 10.7. The second-order valence-electron chi connectivity index (χ2n) is 6.89. The summed E-state index contributed by atoms with van der Waals surface area (Å²) in [6, 6.07) is -1.11. The lowest BCUT2D eigenvalue weighted by Crippen LogP contribution is -2.56. The number of likely N-dealkylation sites (N-methyl/N-ethyl adjacent to an activating group) is 2. The Hall–Kier alpha value is -1.83. The molecule has 0 rings (SSSR count). The van der Waals surface area contributed by atoms with Gasteiger partial charge in [0.05, 0.1) is 6.04 Å². The van der Waals surface area contributed by atoms with E-state index in [1.807, 2.05) is 13.8 Å². The van der Waals surface area contributed by atoms with Crippen LogP contribution < -0.4 is 16.2 Å². The second kappa shape index (κ2) is 9.46. The monoisotopic (exact) mass is 344 g/mol. The summed E-state index contributed by atoms with van der Waals surface area (Å²) in [5.74, 6) is -0.539. The minimum absolute atomic E-state index is 0.139. The zero-order valence-electron chi connectivity index (χ0n) is 16.0. The molecule has 24 heavy (non-hydrogen) atoms. The molecule has 0 aliphatic rings. The summed E-state index contributed by atoms with van der Waals surface area (Å²) in [6.07, 6.45) is 0.0796. The van der Waals surface area contributed by atoms with Crippen molar-refractivity contribution < 1.29 is 19.1 Å². The minimum atomic E-state index is -0.760. The molecule has 3 N–H and O–H groups in total. The average molecular weight is 344 g/mol. The second-order valence-corrected chi connectivity index (χ2v) is 6.89. The topological polar surface area (TPSA) is 99.8 Å². The van der Waals surface area contributed by atoms with E-state index < -0.39 is 23.6 Å². The van der Waals surface area contributed by atoms with E-state index in [9.17, 15) is 14.4 Å². The quantitative estimate of drug-likeness (QED) is 0.625. The first-order valence-corrected chi connectivity index (χ1v) is 8.17. The van der Waals surface area contributed by atoms with Crippen molar-refractivity contribution in [2.24, 2.45) is 5.92 Å². The summed E-state index contributed by atoms with van der Waals surface area (Å²) in [5.41, 5.74) is 3.78. The Morgan fingerprint density at radius 3 is 2.08 bits per heavy atom. The van der Waals surface area contributed by atoms with Gasteiger partial charge in [0.25, 0.3) is 5.91 Å². The highest BCUT2D eigenvalue weighted by atomic mass is 16.6. The summed E-state index contributed by atoms with van der Waals surface area (Å²) in [7, 11) is 3.28. The van der Waals surface area contributed by atoms with E-state index in [0.29, 0.717) is 0 Å². The van der Waals surface area contributed by atoms with Crippen LogP contribution in [0.15, 0.2) is 0 Å². The third-order valence-electron chi connectivity index (χ3n) is 3.78. The molecule has 0 radical (unpaired) electrons. The summed E-state index contributed by atoms with van der Waals surface area (Å²) in [4.78, 5) is 37.5. The number of hydrazine groups is 1. The van der Waals surface area contributed by atoms with E-state index in [1.54, 1.807) is 41.8 Å². The number of nitrogens with one attached hydrogen (secondary N) is 3. The van der Waals surface area contributed by atoms with Crippen LogP contribution in [0, 0.1) is 5.92 Å². The van der Waals surface area contributed by atoms with Gasteiger partial charge in [-0.2, -0.15) is 0 Å². The van der Waals surface area contributed by atoms with Gasteiger partial charge in [0.15, 0.2) is 0 Å². The molecule has 0 saturated heterocycles. The number of ether oxygens (including phenoxy) is 1. The molecule has 0 aromatic rings. The van der Waals surface area contributed by atoms with E-state index in [1.165, 1.54) is 4.90 Å². The number of carbonyl (C=O) groups is 3. The number of hydrogen-bond donors (Lipinski definition) is 3. The van der Waals surface area contributed by atoms with Crippen molar-refractivity contribution in [2.75, 3.05) is 14.1 Å². The number of carbonyl (C=O) groups excluding carboxylic acids is 3. The molecule has 0 spiro atoms. The smallest absolute Gasteiger partial charge is 0.426 e. The van der Waals surface area contributed by atoms with Gasteiger partial charge >= 0.3 is 6.09 Å². The van der Waals surface area contributed by atoms with Crippen molar-refractivity contribution in [1.29, 1.82) is 0 Å².